The van der Waals surface area contributed by atoms with Crippen molar-refractivity contribution in [2.75, 3.05) is 23.7 Å². The zero-order valence-corrected chi connectivity index (χ0v) is 10.8. The van der Waals surface area contributed by atoms with E-state index in [4.69, 9.17) is 5.26 Å². The molecule has 0 aliphatic rings. The number of anilines is 2. The second kappa shape index (κ2) is 5.70. The minimum atomic E-state index is 0.499. The van der Waals surface area contributed by atoms with E-state index in [0.29, 0.717) is 21.0 Å². The molecule has 2 N–H and O–H groups in total. The monoisotopic (exact) mass is 317 g/mol. The molecule has 15 heavy (non-hydrogen) atoms. The van der Waals surface area contributed by atoms with Crippen LogP contribution in [0, 0.1) is 15.0 Å². The van der Waals surface area contributed by atoms with Gasteiger partial charge in [0.05, 0.1) is 0 Å². The molecule has 0 aliphatic carbocycles. The maximum Gasteiger partial charge on any atom is 0.225 e. The molecule has 1 aromatic rings. The quantitative estimate of drug-likeness (QED) is 0.654. The molecule has 0 atom stereocenters. The van der Waals surface area contributed by atoms with E-state index in [1.165, 1.54) is 0 Å². The molecule has 0 amide bonds. The van der Waals surface area contributed by atoms with Gasteiger partial charge in [-0.15, -0.1) is 0 Å². The summed E-state index contributed by atoms with van der Waals surface area (Å²) in [5.74, 6) is 1.15. The Kier molecular flexibility index (Phi) is 4.55. The van der Waals surface area contributed by atoms with Gasteiger partial charge in [0.15, 0.2) is 5.82 Å². The molecule has 0 aliphatic heterocycles. The number of nitriles is 1. The summed E-state index contributed by atoms with van der Waals surface area (Å²) in [5, 5.41) is 15.0. The first-order valence-electron chi connectivity index (χ1n) is 4.68. The van der Waals surface area contributed by atoms with Gasteiger partial charge in [0.2, 0.25) is 5.95 Å². The van der Waals surface area contributed by atoms with Crippen molar-refractivity contribution in [1.82, 2.24) is 9.97 Å². The lowest BCUT2D eigenvalue weighted by Gasteiger charge is -2.08. The van der Waals surface area contributed by atoms with Crippen LogP contribution >= 0.6 is 22.6 Å². The summed E-state index contributed by atoms with van der Waals surface area (Å²) in [4.78, 5) is 8.40. The van der Waals surface area contributed by atoms with E-state index in [1.807, 2.05) is 36.4 Å². The Morgan fingerprint density at radius 2 is 1.93 bits per heavy atom. The number of hydrogen-bond donors (Lipinski definition) is 2. The molecule has 0 saturated carbocycles. The Morgan fingerprint density at radius 3 is 2.47 bits per heavy atom. The van der Waals surface area contributed by atoms with Gasteiger partial charge in [-0.25, -0.2) is 4.98 Å². The van der Waals surface area contributed by atoms with Crippen LogP contribution in [0.25, 0.3) is 0 Å². The van der Waals surface area contributed by atoms with Gasteiger partial charge in [-0.1, -0.05) is 0 Å². The van der Waals surface area contributed by atoms with Crippen LogP contribution in [0.15, 0.2) is 0 Å². The Hall–Kier alpha value is -1.10. The van der Waals surface area contributed by atoms with Crippen molar-refractivity contribution >= 4 is 34.4 Å². The van der Waals surface area contributed by atoms with Gasteiger partial charge < -0.3 is 10.6 Å². The first kappa shape index (κ1) is 12.0. The van der Waals surface area contributed by atoms with Crippen molar-refractivity contribution in [1.29, 1.82) is 5.26 Å². The molecular weight excluding hydrogens is 305 g/mol. The second-order valence-electron chi connectivity index (χ2n) is 2.73. The van der Waals surface area contributed by atoms with Crippen molar-refractivity contribution in [3.8, 4) is 6.07 Å². The standard InChI is InChI=1S/C9H12IN5/c1-3-12-8-6(5-11)7(10)14-9(15-8)13-4-2/h3-4H2,1-2H3,(H2,12,13,14,15). The fraction of sp³-hybridized carbons (Fsp3) is 0.444. The number of nitrogens with zero attached hydrogens (tertiary/aromatic N) is 3. The van der Waals surface area contributed by atoms with E-state index in [1.54, 1.807) is 0 Å². The lowest BCUT2D eigenvalue weighted by Crippen LogP contribution is -2.09. The number of aromatic nitrogens is 2. The topological polar surface area (TPSA) is 73.6 Å². The molecule has 6 heteroatoms. The second-order valence-corrected chi connectivity index (χ2v) is 3.76. The van der Waals surface area contributed by atoms with Crippen molar-refractivity contribution < 1.29 is 0 Å². The summed E-state index contributed by atoms with van der Waals surface area (Å²) in [5.41, 5.74) is 0.499. The number of nitrogens with one attached hydrogen (secondary N) is 2. The average Bonchev–Trinajstić information content (AvgIpc) is 2.18. The van der Waals surface area contributed by atoms with Crippen LogP contribution in [0.5, 0.6) is 0 Å². The highest BCUT2D eigenvalue weighted by molar-refractivity contribution is 14.1. The highest BCUT2D eigenvalue weighted by Gasteiger charge is 2.10. The van der Waals surface area contributed by atoms with E-state index in [0.717, 1.165) is 13.1 Å². The largest absolute Gasteiger partial charge is 0.369 e. The fourth-order valence-corrected chi connectivity index (χ4v) is 1.67. The molecule has 5 nitrogen and oxygen atoms in total. The smallest absolute Gasteiger partial charge is 0.225 e. The number of rotatable bonds is 4. The van der Waals surface area contributed by atoms with Crippen LogP contribution in [0.1, 0.15) is 19.4 Å². The van der Waals surface area contributed by atoms with Gasteiger partial charge >= 0.3 is 0 Å². The molecular formula is C9H12IN5. The van der Waals surface area contributed by atoms with Crippen LogP contribution in [-0.4, -0.2) is 23.1 Å². The zero-order valence-electron chi connectivity index (χ0n) is 8.63. The number of hydrogen-bond acceptors (Lipinski definition) is 5. The van der Waals surface area contributed by atoms with Crippen LogP contribution < -0.4 is 10.6 Å². The van der Waals surface area contributed by atoms with E-state index in [-0.39, 0.29) is 0 Å². The van der Waals surface area contributed by atoms with Gasteiger partial charge in [-0.2, -0.15) is 10.2 Å². The van der Waals surface area contributed by atoms with Crippen LogP contribution in [0.3, 0.4) is 0 Å². The fourth-order valence-electron chi connectivity index (χ4n) is 1.06. The molecule has 1 aromatic heterocycles. The Labute approximate surface area is 102 Å². The third-order valence-electron chi connectivity index (χ3n) is 1.66. The third kappa shape index (κ3) is 2.92. The molecule has 1 heterocycles. The van der Waals surface area contributed by atoms with Gasteiger partial charge in [0.25, 0.3) is 0 Å². The van der Waals surface area contributed by atoms with Gasteiger partial charge in [-0.3, -0.25) is 0 Å². The number of halogens is 1. The normalized spacial score (nSPS) is 9.47. The van der Waals surface area contributed by atoms with Crippen molar-refractivity contribution in [2.24, 2.45) is 0 Å². The minimum Gasteiger partial charge on any atom is -0.369 e. The van der Waals surface area contributed by atoms with Crippen molar-refractivity contribution in [3.63, 3.8) is 0 Å². The summed E-state index contributed by atoms with van der Waals surface area (Å²) in [6.07, 6.45) is 0. The first-order chi connectivity index (χ1) is 7.22. The molecule has 0 bridgehead atoms. The summed E-state index contributed by atoms with van der Waals surface area (Å²) in [7, 11) is 0. The van der Waals surface area contributed by atoms with Gasteiger partial charge in [0.1, 0.15) is 15.3 Å². The Balaban J connectivity index is 3.14. The predicted molar refractivity (Wildman–Crippen MR) is 67.8 cm³/mol. The third-order valence-corrected chi connectivity index (χ3v) is 2.44. The van der Waals surface area contributed by atoms with E-state index in [9.17, 15) is 0 Å². The highest BCUT2D eigenvalue weighted by atomic mass is 127. The maximum absolute atomic E-state index is 8.95. The zero-order chi connectivity index (χ0) is 11.3. The molecule has 0 radical (unpaired) electrons. The molecule has 0 unspecified atom stereocenters. The SMILES string of the molecule is CCNc1nc(I)c(C#N)c(NCC)n1. The van der Waals surface area contributed by atoms with E-state index < -0.39 is 0 Å². The van der Waals surface area contributed by atoms with Gasteiger partial charge in [-0.05, 0) is 36.4 Å². The summed E-state index contributed by atoms with van der Waals surface area (Å²) >= 11 is 2.04. The molecule has 80 valence electrons. The average molecular weight is 317 g/mol. The van der Waals surface area contributed by atoms with Crippen LogP contribution in [-0.2, 0) is 0 Å². The Morgan fingerprint density at radius 1 is 1.27 bits per heavy atom. The molecule has 1 rings (SSSR count). The van der Waals surface area contributed by atoms with E-state index >= 15 is 0 Å². The van der Waals surface area contributed by atoms with Crippen LogP contribution in [0.2, 0.25) is 0 Å². The minimum absolute atomic E-state index is 0.499. The van der Waals surface area contributed by atoms with E-state index in [2.05, 4.69) is 26.7 Å². The first-order valence-corrected chi connectivity index (χ1v) is 5.76. The van der Waals surface area contributed by atoms with Crippen molar-refractivity contribution in [3.05, 3.63) is 9.26 Å². The lowest BCUT2D eigenvalue weighted by molar-refractivity contribution is 1.04. The van der Waals surface area contributed by atoms with Crippen molar-refractivity contribution in [2.45, 2.75) is 13.8 Å². The predicted octanol–water partition coefficient (Wildman–Crippen LogP) is 1.82. The Bertz CT molecular complexity index is 385. The maximum atomic E-state index is 8.95. The lowest BCUT2D eigenvalue weighted by atomic mass is 10.3. The highest BCUT2D eigenvalue weighted by Crippen LogP contribution is 2.19. The molecule has 0 fully saturated rings. The molecule has 0 spiro atoms. The van der Waals surface area contributed by atoms with Gasteiger partial charge in [0, 0.05) is 13.1 Å². The van der Waals surface area contributed by atoms with Crippen LogP contribution in [0.4, 0.5) is 11.8 Å². The summed E-state index contributed by atoms with van der Waals surface area (Å²) < 4.78 is 0.664. The molecule has 0 saturated heterocycles. The summed E-state index contributed by atoms with van der Waals surface area (Å²) in [6.45, 7) is 5.42. The summed E-state index contributed by atoms with van der Waals surface area (Å²) in [6, 6.07) is 2.10. The molecule has 0 aromatic carbocycles.